The molecule has 2 aromatic heterocycles. The van der Waals surface area contributed by atoms with E-state index >= 15 is 0 Å². The summed E-state index contributed by atoms with van der Waals surface area (Å²) in [7, 11) is 2.09. The molecule has 0 radical (unpaired) electrons. The Kier molecular flexibility index (Phi) is 7.14. The Morgan fingerprint density at radius 2 is 2.09 bits per heavy atom. The van der Waals surface area contributed by atoms with E-state index < -0.39 is 5.97 Å². The number of rotatable bonds is 7. The third kappa shape index (κ3) is 4.76. The van der Waals surface area contributed by atoms with E-state index in [2.05, 4.69) is 43.6 Å². The van der Waals surface area contributed by atoms with Gasteiger partial charge in [0.05, 0.1) is 5.71 Å². The van der Waals surface area contributed by atoms with Gasteiger partial charge in [-0.2, -0.15) is 0 Å². The topological polar surface area (TPSA) is 83.0 Å². The molecule has 1 atom stereocenters. The largest absolute Gasteiger partial charge is 0.393 e. The fourth-order valence-corrected chi connectivity index (χ4v) is 4.57. The Hall–Kier alpha value is -3.42. The lowest BCUT2D eigenvalue weighted by Gasteiger charge is -2.18. The van der Waals surface area contributed by atoms with Crippen molar-refractivity contribution in [1.82, 2.24) is 14.1 Å². The van der Waals surface area contributed by atoms with E-state index in [9.17, 15) is 4.79 Å². The van der Waals surface area contributed by atoms with Crippen LogP contribution in [0.1, 0.15) is 57.1 Å². The van der Waals surface area contributed by atoms with Crippen molar-refractivity contribution in [2.75, 3.05) is 0 Å². The van der Waals surface area contributed by atoms with Crippen molar-refractivity contribution < 1.29 is 14.5 Å². The van der Waals surface area contributed by atoms with Crippen molar-refractivity contribution in [2.45, 2.75) is 66.0 Å². The quantitative estimate of drug-likeness (QED) is 0.219. The molecule has 1 unspecified atom stereocenters. The highest BCUT2D eigenvalue weighted by Gasteiger charge is 2.30. The predicted octanol–water partition coefficient (Wildman–Crippen LogP) is 4.77. The van der Waals surface area contributed by atoms with Crippen molar-refractivity contribution in [2.24, 2.45) is 23.3 Å². The molecule has 0 saturated carbocycles. The molecule has 0 aliphatic heterocycles. The number of aromatic nitrogens is 3. The molecular formula is C26H33N5O3. The van der Waals surface area contributed by atoms with Gasteiger partial charge in [0.1, 0.15) is 11.9 Å². The second-order valence-corrected chi connectivity index (χ2v) is 9.01. The second kappa shape index (κ2) is 10.2. The summed E-state index contributed by atoms with van der Waals surface area (Å²) in [5, 5.41) is 9.61. The van der Waals surface area contributed by atoms with Crippen LogP contribution in [0.2, 0.25) is 0 Å². The Labute approximate surface area is 200 Å². The first-order valence-electron chi connectivity index (χ1n) is 12.0. The first kappa shape index (κ1) is 23.7. The van der Waals surface area contributed by atoms with E-state index in [0.717, 1.165) is 53.8 Å². The summed E-state index contributed by atoms with van der Waals surface area (Å²) >= 11 is 0. The predicted molar refractivity (Wildman–Crippen MR) is 133 cm³/mol. The maximum Gasteiger partial charge on any atom is 0.383 e. The fourth-order valence-electron chi connectivity index (χ4n) is 4.57. The number of imidazole rings is 1. The standard InChI is InChI=1S/C26H33N5O3/c1-6-21(28-33-17(2)3)26(32)34-29-25-19(16-31-15-14-27-18(31)4)10-9-13-23-24(25)20-11-7-8-12-22(20)30(23)5/h7-8,11-12,14-15,17,19H,6,9-10,13,16H2,1-5H3/b28-21+,29-25+. The number of benzene rings is 1. The average Bonchev–Trinajstić information content (AvgIpc) is 3.28. The van der Waals surface area contributed by atoms with E-state index in [0.29, 0.717) is 6.42 Å². The van der Waals surface area contributed by atoms with E-state index in [-0.39, 0.29) is 17.7 Å². The summed E-state index contributed by atoms with van der Waals surface area (Å²) in [4.78, 5) is 28.0. The lowest BCUT2D eigenvalue weighted by atomic mass is 9.94. The van der Waals surface area contributed by atoms with Gasteiger partial charge in [0.2, 0.25) is 0 Å². The van der Waals surface area contributed by atoms with Crippen LogP contribution in [-0.2, 0) is 34.5 Å². The van der Waals surface area contributed by atoms with Crippen LogP contribution in [0.25, 0.3) is 10.9 Å². The number of para-hydroxylation sites is 1. The van der Waals surface area contributed by atoms with Crippen LogP contribution >= 0.6 is 0 Å². The molecule has 1 aromatic carbocycles. The number of hydrogen-bond donors (Lipinski definition) is 0. The second-order valence-electron chi connectivity index (χ2n) is 9.01. The van der Waals surface area contributed by atoms with Gasteiger partial charge in [0.15, 0.2) is 5.71 Å². The summed E-state index contributed by atoms with van der Waals surface area (Å²) in [5.41, 5.74) is 4.44. The highest BCUT2D eigenvalue weighted by molar-refractivity contribution is 6.36. The SMILES string of the molecule is CC/C(=N\OC(C)C)C(=O)O/N=C1/c2c(n(C)c3ccccc23)CCCC1Cn1ccnc1C. The Bertz CT molecular complexity index is 1230. The smallest absolute Gasteiger partial charge is 0.383 e. The van der Waals surface area contributed by atoms with Crippen molar-refractivity contribution in [3.05, 3.63) is 53.7 Å². The van der Waals surface area contributed by atoms with Gasteiger partial charge in [-0.25, -0.2) is 9.78 Å². The van der Waals surface area contributed by atoms with E-state index in [1.165, 1.54) is 5.69 Å². The molecule has 0 spiro atoms. The number of carbonyl (C=O) groups is 1. The number of hydrogen-bond acceptors (Lipinski definition) is 6. The summed E-state index contributed by atoms with van der Waals surface area (Å²) in [6.45, 7) is 8.28. The van der Waals surface area contributed by atoms with Crippen LogP contribution in [0.5, 0.6) is 0 Å². The monoisotopic (exact) mass is 463 g/mol. The van der Waals surface area contributed by atoms with Gasteiger partial charge in [-0.15, -0.1) is 0 Å². The first-order valence-corrected chi connectivity index (χ1v) is 12.0. The van der Waals surface area contributed by atoms with Crippen molar-refractivity contribution in [3.63, 3.8) is 0 Å². The summed E-state index contributed by atoms with van der Waals surface area (Å²) in [6, 6.07) is 8.32. The van der Waals surface area contributed by atoms with Crippen LogP contribution < -0.4 is 0 Å². The Balaban J connectivity index is 1.77. The molecule has 8 heteroatoms. The summed E-state index contributed by atoms with van der Waals surface area (Å²) in [6.07, 6.45) is 6.96. The molecule has 0 fully saturated rings. The zero-order valence-corrected chi connectivity index (χ0v) is 20.6. The number of fused-ring (bicyclic) bond motifs is 3. The molecule has 0 saturated heterocycles. The highest BCUT2D eigenvalue weighted by atomic mass is 16.7. The third-order valence-corrected chi connectivity index (χ3v) is 6.35. The molecule has 34 heavy (non-hydrogen) atoms. The number of carbonyl (C=O) groups excluding carboxylic acids is 1. The fraction of sp³-hybridized carbons (Fsp3) is 0.462. The van der Waals surface area contributed by atoms with E-state index in [1.807, 2.05) is 52.2 Å². The Morgan fingerprint density at radius 3 is 2.79 bits per heavy atom. The van der Waals surface area contributed by atoms with Crippen LogP contribution in [-0.4, -0.2) is 37.6 Å². The molecule has 3 aromatic rings. The summed E-state index contributed by atoms with van der Waals surface area (Å²) in [5.74, 6) is 0.436. The van der Waals surface area contributed by atoms with Crippen LogP contribution in [0.15, 0.2) is 47.0 Å². The van der Waals surface area contributed by atoms with Gasteiger partial charge < -0.3 is 18.8 Å². The first-order chi connectivity index (χ1) is 16.4. The molecule has 4 rings (SSSR count). The summed E-state index contributed by atoms with van der Waals surface area (Å²) < 4.78 is 4.37. The molecular weight excluding hydrogens is 430 g/mol. The minimum atomic E-state index is -0.584. The molecule has 0 amide bonds. The van der Waals surface area contributed by atoms with Gasteiger partial charge in [-0.3, -0.25) is 0 Å². The van der Waals surface area contributed by atoms with Crippen LogP contribution in [0.4, 0.5) is 0 Å². The number of oxime groups is 2. The maximum absolute atomic E-state index is 12.8. The molecule has 2 heterocycles. The molecule has 1 aliphatic carbocycles. The maximum atomic E-state index is 12.8. The van der Waals surface area contributed by atoms with Gasteiger partial charge in [-0.05, 0) is 52.5 Å². The average molecular weight is 464 g/mol. The van der Waals surface area contributed by atoms with Crippen LogP contribution in [0.3, 0.4) is 0 Å². The van der Waals surface area contributed by atoms with E-state index in [1.54, 1.807) is 0 Å². The zero-order valence-electron chi connectivity index (χ0n) is 20.6. The minimum absolute atomic E-state index is 0.0710. The molecule has 0 N–H and O–H groups in total. The van der Waals surface area contributed by atoms with Crippen molar-refractivity contribution in [3.8, 4) is 0 Å². The molecule has 0 bridgehead atoms. The molecule has 1 aliphatic rings. The normalized spacial score (nSPS) is 17.8. The van der Waals surface area contributed by atoms with Gasteiger partial charge in [0.25, 0.3) is 0 Å². The lowest BCUT2D eigenvalue weighted by Crippen LogP contribution is -2.23. The van der Waals surface area contributed by atoms with Gasteiger partial charge in [-0.1, -0.05) is 35.4 Å². The van der Waals surface area contributed by atoms with Gasteiger partial charge in [0, 0.05) is 54.1 Å². The number of aryl methyl sites for hydroxylation is 2. The third-order valence-electron chi connectivity index (χ3n) is 6.35. The lowest BCUT2D eigenvalue weighted by molar-refractivity contribution is -0.136. The Morgan fingerprint density at radius 1 is 1.29 bits per heavy atom. The van der Waals surface area contributed by atoms with Crippen molar-refractivity contribution >= 4 is 28.3 Å². The highest BCUT2D eigenvalue weighted by Crippen LogP contribution is 2.34. The molecule has 180 valence electrons. The minimum Gasteiger partial charge on any atom is -0.393 e. The zero-order chi connectivity index (χ0) is 24.2. The van der Waals surface area contributed by atoms with Crippen LogP contribution in [0, 0.1) is 12.8 Å². The van der Waals surface area contributed by atoms with Gasteiger partial charge >= 0.3 is 5.97 Å². The molecule has 8 nitrogen and oxygen atoms in total. The number of nitrogens with zero attached hydrogens (tertiary/aromatic N) is 5. The van der Waals surface area contributed by atoms with Crippen molar-refractivity contribution in [1.29, 1.82) is 0 Å². The van der Waals surface area contributed by atoms with E-state index in [4.69, 9.17) is 9.68 Å².